The standard InChI is InChI=1S/C38H43N3O12S2/c1-19-32(42)22(41-12-13-51-27(18-41)50-3)15-26(52-19)53-24-17-38(48,37(47)40-11-14-54-55-25-9-4-5-10-39-25)16-21-29(24)36(46)31-30(34(21)44)33(43)20-7-6-8-23(49-2)28(20)35(31)45/h4-10,19,22,24,26-27,32,42,44,46,48H,11-18H2,1-3H3,(H,40,47)/t19-,22-,24-,26-,27-,32+,38-/m0/s1. The van der Waals surface area contributed by atoms with Gasteiger partial charge < -0.3 is 49.4 Å². The average Bonchev–Trinajstić information content (AvgIpc) is 3.19. The van der Waals surface area contributed by atoms with E-state index in [2.05, 4.69) is 10.3 Å². The van der Waals surface area contributed by atoms with Gasteiger partial charge in [0.25, 0.3) is 5.91 Å². The number of aliphatic hydroxyl groups is 2. The lowest BCUT2D eigenvalue weighted by Gasteiger charge is -2.47. The Balaban J connectivity index is 1.21. The predicted octanol–water partition coefficient (Wildman–Crippen LogP) is 2.74. The third kappa shape index (κ3) is 7.57. The number of rotatable bonds is 11. The van der Waals surface area contributed by atoms with E-state index in [1.807, 2.05) is 23.1 Å². The fourth-order valence-electron chi connectivity index (χ4n) is 7.82. The summed E-state index contributed by atoms with van der Waals surface area (Å²) in [6.45, 7) is 3.14. The first-order valence-electron chi connectivity index (χ1n) is 17.9. The van der Waals surface area contributed by atoms with Crippen molar-refractivity contribution < 1.29 is 58.5 Å². The highest BCUT2D eigenvalue weighted by Gasteiger charge is 2.51. The molecule has 2 aromatic carbocycles. The molecule has 1 aromatic heterocycles. The number of aromatic nitrogens is 1. The summed E-state index contributed by atoms with van der Waals surface area (Å²) in [4.78, 5) is 48.2. The highest BCUT2D eigenvalue weighted by Crippen LogP contribution is 2.52. The zero-order valence-electron chi connectivity index (χ0n) is 30.4. The van der Waals surface area contributed by atoms with Crippen molar-refractivity contribution in [2.75, 3.05) is 46.2 Å². The molecule has 15 nitrogen and oxygen atoms in total. The van der Waals surface area contributed by atoms with Gasteiger partial charge in [0.2, 0.25) is 5.78 Å². The van der Waals surface area contributed by atoms with Gasteiger partial charge in [-0.3, -0.25) is 19.3 Å². The van der Waals surface area contributed by atoms with Gasteiger partial charge in [-0.15, -0.1) is 0 Å². The molecule has 0 saturated carbocycles. The number of fused-ring (bicyclic) bond motifs is 3. The Labute approximate surface area is 325 Å². The topological polar surface area (TPSA) is 206 Å². The number of hydrogen-bond donors (Lipinski definition) is 5. The molecule has 294 valence electrons. The Morgan fingerprint density at radius 2 is 1.87 bits per heavy atom. The maximum Gasteiger partial charge on any atom is 0.252 e. The number of carbonyl (C=O) groups excluding carboxylic acids is 3. The zero-order valence-corrected chi connectivity index (χ0v) is 32.1. The maximum absolute atomic E-state index is 14.1. The molecular formula is C38H43N3O12S2. The molecular weight excluding hydrogens is 755 g/mol. The van der Waals surface area contributed by atoms with E-state index in [1.54, 1.807) is 13.1 Å². The van der Waals surface area contributed by atoms with Crippen LogP contribution in [-0.2, 0) is 30.2 Å². The smallest absolute Gasteiger partial charge is 0.252 e. The molecule has 0 bridgehead atoms. The summed E-state index contributed by atoms with van der Waals surface area (Å²) in [5, 5.41) is 50.7. The lowest BCUT2D eigenvalue weighted by molar-refractivity contribution is -0.266. The second-order valence-electron chi connectivity index (χ2n) is 13.8. The van der Waals surface area contributed by atoms with Gasteiger partial charge in [0, 0.05) is 80.7 Å². The van der Waals surface area contributed by atoms with E-state index in [1.165, 1.54) is 54.0 Å². The van der Waals surface area contributed by atoms with Gasteiger partial charge in [-0.05, 0) is 35.9 Å². The third-order valence-electron chi connectivity index (χ3n) is 10.5. The molecule has 0 spiro atoms. The average molecular weight is 798 g/mol. The predicted molar refractivity (Wildman–Crippen MR) is 199 cm³/mol. The van der Waals surface area contributed by atoms with Gasteiger partial charge in [0.15, 0.2) is 18.4 Å². The summed E-state index contributed by atoms with van der Waals surface area (Å²) in [5.41, 5.74) is -3.34. The molecule has 0 unspecified atom stereocenters. The summed E-state index contributed by atoms with van der Waals surface area (Å²) in [6.07, 6.45) is -3.56. The Hall–Kier alpha value is -3.78. The number of aliphatic hydroxyl groups excluding tert-OH is 1. The van der Waals surface area contributed by atoms with E-state index < -0.39 is 95.5 Å². The van der Waals surface area contributed by atoms with Crippen molar-refractivity contribution in [3.63, 3.8) is 0 Å². The number of pyridine rings is 1. The molecule has 1 amide bonds. The van der Waals surface area contributed by atoms with Crippen molar-refractivity contribution in [2.45, 2.75) is 73.7 Å². The minimum atomic E-state index is -2.19. The highest BCUT2D eigenvalue weighted by atomic mass is 33.1. The van der Waals surface area contributed by atoms with E-state index in [4.69, 9.17) is 23.7 Å². The Morgan fingerprint density at radius 3 is 2.62 bits per heavy atom. The lowest BCUT2D eigenvalue weighted by atomic mass is 9.72. The summed E-state index contributed by atoms with van der Waals surface area (Å²) < 4.78 is 29.1. The zero-order chi connectivity index (χ0) is 39.0. The van der Waals surface area contributed by atoms with E-state index in [0.29, 0.717) is 25.4 Å². The van der Waals surface area contributed by atoms with Crippen LogP contribution in [0.25, 0.3) is 0 Å². The van der Waals surface area contributed by atoms with Crippen LogP contribution in [0.4, 0.5) is 0 Å². The van der Waals surface area contributed by atoms with Crippen molar-refractivity contribution in [3.8, 4) is 17.2 Å². The largest absolute Gasteiger partial charge is 0.507 e. The molecule has 2 aliphatic heterocycles. The first-order chi connectivity index (χ1) is 26.4. The highest BCUT2D eigenvalue weighted by molar-refractivity contribution is 8.76. The van der Waals surface area contributed by atoms with Crippen LogP contribution in [0, 0.1) is 0 Å². The number of ketones is 2. The lowest BCUT2D eigenvalue weighted by Crippen LogP contribution is -2.59. The molecule has 5 N–H and O–H groups in total. The second kappa shape index (κ2) is 16.4. The van der Waals surface area contributed by atoms with Crippen LogP contribution in [0.1, 0.15) is 68.8 Å². The van der Waals surface area contributed by atoms with Crippen molar-refractivity contribution in [1.82, 2.24) is 15.2 Å². The SMILES string of the molecule is COc1cccc2c1C(=O)c1c(O)c3c(c(O)c1C2=O)C[C@@](O)(C(=O)NCCSSc1ccccn1)C[C@@H]3O[C@H]1C[C@H](N2CCO[C@H](OC)C2)[C@H](O)[C@H](C)O1. The molecule has 2 fully saturated rings. The van der Waals surface area contributed by atoms with Crippen LogP contribution < -0.4 is 10.1 Å². The molecule has 0 radical (unpaired) electrons. The van der Waals surface area contributed by atoms with Gasteiger partial charge in [-0.2, -0.15) is 0 Å². The number of phenols is 2. The van der Waals surface area contributed by atoms with Crippen molar-refractivity contribution in [2.24, 2.45) is 0 Å². The van der Waals surface area contributed by atoms with Gasteiger partial charge >= 0.3 is 0 Å². The van der Waals surface area contributed by atoms with Crippen LogP contribution in [0.2, 0.25) is 0 Å². The second-order valence-corrected chi connectivity index (χ2v) is 16.3. The van der Waals surface area contributed by atoms with Crippen LogP contribution in [-0.4, -0.2) is 130 Å². The first-order valence-corrected chi connectivity index (χ1v) is 20.2. The number of ether oxygens (including phenoxy) is 5. The number of amides is 1. The number of morpholine rings is 1. The molecule has 17 heteroatoms. The van der Waals surface area contributed by atoms with Crippen LogP contribution in [0.5, 0.6) is 17.2 Å². The quantitative estimate of drug-likeness (QED) is 0.0841. The molecule has 3 aromatic rings. The Bertz CT molecular complexity index is 1950. The molecule has 7 rings (SSSR count). The van der Waals surface area contributed by atoms with Crippen molar-refractivity contribution in [1.29, 1.82) is 0 Å². The molecule has 4 aliphatic rings. The Kier molecular flexibility index (Phi) is 11.7. The maximum atomic E-state index is 14.1. The van der Waals surface area contributed by atoms with Gasteiger partial charge in [0.05, 0.1) is 48.7 Å². The van der Waals surface area contributed by atoms with Gasteiger partial charge in [-0.1, -0.05) is 29.0 Å². The summed E-state index contributed by atoms with van der Waals surface area (Å²) in [6, 6.07) is 9.56. The van der Waals surface area contributed by atoms with Gasteiger partial charge in [0.1, 0.15) is 27.9 Å². The number of hydrogen-bond acceptors (Lipinski definition) is 16. The van der Waals surface area contributed by atoms with Gasteiger partial charge in [-0.25, -0.2) is 4.98 Å². The molecule has 2 aliphatic carbocycles. The normalized spacial score (nSPS) is 27.9. The molecule has 7 atom stereocenters. The van der Waals surface area contributed by atoms with E-state index >= 15 is 0 Å². The Morgan fingerprint density at radius 1 is 1.07 bits per heavy atom. The minimum absolute atomic E-state index is 0.0304. The number of phenolic OH excluding ortho intramolecular Hbond substituents is 2. The number of carbonyl (C=O) groups is 3. The summed E-state index contributed by atoms with van der Waals surface area (Å²) in [7, 11) is 5.79. The molecule has 55 heavy (non-hydrogen) atoms. The summed E-state index contributed by atoms with van der Waals surface area (Å²) in [5.74, 6) is -2.93. The number of methoxy groups -OCH3 is 2. The minimum Gasteiger partial charge on any atom is -0.507 e. The fraction of sp³-hybridized carbons (Fsp3) is 0.474. The van der Waals surface area contributed by atoms with E-state index in [0.717, 1.165) is 5.03 Å². The van der Waals surface area contributed by atoms with E-state index in [-0.39, 0.29) is 41.0 Å². The number of nitrogens with zero attached hydrogens (tertiary/aromatic N) is 2. The van der Waals surface area contributed by atoms with Crippen molar-refractivity contribution in [3.05, 3.63) is 76.0 Å². The molecule has 3 heterocycles. The molecule has 2 saturated heterocycles. The number of aromatic hydroxyl groups is 2. The number of benzene rings is 2. The summed E-state index contributed by atoms with van der Waals surface area (Å²) >= 11 is 0. The first kappa shape index (κ1) is 39.5. The van der Waals surface area contributed by atoms with E-state index in [9.17, 15) is 34.8 Å². The van der Waals surface area contributed by atoms with Crippen LogP contribution in [0.3, 0.4) is 0 Å². The van der Waals surface area contributed by atoms with Crippen molar-refractivity contribution >= 4 is 39.1 Å². The number of nitrogens with one attached hydrogen (secondary N) is 1. The monoisotopic (exact) mass is 797 g/mol. The van der Waals surface area contributed by atoms with Crippen LogP contribution >= 0.6 is 21.6 Å². The fourth-order valence-corrected chi connectivity index (χ4v) is 9.60. The third-order valence-corrected chi connectivity index (χ3v) is 12.8. The van der Waals surface area contributed by atoms with Crippen LogP contribution in [0.15, 0.2) is 47.6 Å².